The summed E-state index contributed by atoms with van der Waals surface area (Å²) < 4.78 is 5.83. The Morgan fingerprint density at radius 1 is 0.453 bits per heavy atom. The van der Waals surface area contributed by atoms with Gasteiger partial charge in [0.1, 0.15) is 11.7 Å². The minimum atomic E-state index is -0.470. The summed E-state index contributed by atoms with van der Waals surface area (Å²) in [6, 6.07) is 87.8. The van der Waals surface area contributed by atoms with Crippen LogP contribution in [0.1, 0.15) is 93.0 Å². The number of amides is 2. The molecule has 0 unspecified atom stereocenters. The van der Waals surface area contributed by atoms with Crippen LogP contribution in [-0.4, -0.2) is 61.5 Å². The minimum absolute atomic E-state index is 0.0859. The first-order chi connectivity index (χ1) is 56.5. The summed E-state index contributed by atoms with van der Waals surface area (Å²) >= 11 is 9.22. The number of carbonyl (C=O) groups is 3. The molecule has 0 saturated heterocycles. The van der Waals surface area contributed by atoms with Gasteiger partial charge in [0, 0.05) is 65.9 Å². The molecule has 2 amide bonds. The number of fused-ring (bicyclic) bond motifs is 6. The van der Waals surface area contributed by atoms with Crippen LogP contribution in [0.3, 0.4) is 0 Å². The lowest BCUT2D eigenvalue weighted by atomic mass is 9.95. The zero-order valence-electron chi connectivity index (χ0n) is 66.2. The number of aryl methyl sites for hydroxylation is 6. The zero-order chi connectivity index (χ0) is 82.1. The number of aliphatic imine (C=N–C) groups is 2. The van der Waals surface area contributed by atoms with Crippen molar-refractivity contribution in [2.24, 2.45) is 9.98 Å². The van der Waals surface area contributed by atoms with Crippen LogP contribution in [0.15, 0.2) is 275 Å². The van der Waals surface area contributed by atoms with Gasteiger partial charge in [0.05, 0.1) is 64.3 Å². The first-order valence-electron chi connectivity index (χ1n) is 38.5. The van der Waals surface area contributed by atoms with Gasteiger partial charge in [0.15, 0.2) is 0 Å². The van der Waals surface area contributed by atoms with Crippen molar-refractivity contribution in [3.63, 3.8) is 0 Å². The third-order valence-electron chi connectivity index (χ3n) is 21.2. The van der Waals surface area contributed by atoms with E-state index in [1.54, 1.807) is 11.5 Å². The highest BCUT2D eigenvalue weighted by Crippen LogP contribution is 2.43. The Morgan fingerprint density at radius 3 is 1.33 bits per heavy atom. The molecule has 0 bridgehead atoms. The van der Waals surface area contributed by atoms with E-state index in [4.69, 9.17) is 54.5 Å². The number of anilines is 5. The number of nitrogens with one attached hydrogen (secondary N) is 3. The molecule has 1 aromatic heterocycles. The van der Waals surface area contributed by atoms with Crippen molar-refractivity contribution in [1.82, 2.24) is 25.2 Å². The van der Waals surface area contributed by atoms with Crippen molar-refractivity contribution in [2.45, 2.75) is 87.0 Å². The number of hydrogen-bond donors (Lipinski definition) is 8. The SMILES string of the molecule is COC(=O)c1cccc2c1CN(C1=Nc3cc(C)cc(-c4ccccc4)c3C1)C2.Cc1cc(-c2ccccc2)c2nc(Cl)[nH]c2c1.Cc1cc(N)c(N)c(-c2ccccc2)c1.Cc1cc(N)c(N)c(Br)c1.Cc1cc2c(c(-c3ccccc3)c1)CC(=O)N2.Cc1cc2c(c(-c3ccccc3)c1)CC(N1Cc3cccc(C(=O)NO)c3C1)=N2. The summed E-state index contributed by atoms with van der Waals surface area (Å²) in [5.41, 5.74) is 59.9. The minimum Gasteiger partial charge on any atom is -0.465 e. The topological polar surface area (TPSA) is 269 Å². The van der Waals surface area contributed by atoms with Crippen molar-refractivity contribution in [3.8, 4) is 55.6 Å². The number of esters is 1. The lowest BCUT2D eigenvalue weighted by Crippen LogP contribution is -2.26. The normalized spacial score (nSPS) is 12.8. The van der Waals surface area contributed by atoms with Gasteiger partial charge in [0.25, 0.3) is 5.91 Å². The number of aromatic nitrogens is 2. The number of methoxy groups -OCH3 is 1. The lowest BCUT2D eigenvalue weighted by Gasteiger charge is -2.17. The van der Waals surface area contributed by atoms with E-state index in [1.807, 2.05) is 141 Å². The molecular formula is C98H90BrClN12O5. The smallest absolute Gasteiger partial charge is 0.338 e. The maximum atomic E-state index is 12.1. The summed E-state index contributed by atoms with van der Waals surface area (Å²) in [5.74, 6) is 1.43. The number of aromatic amines is 1. The number of carbonyl (C=O) groups excluding carboxylic acids is 3. The number of benzene rings is 13. The number of nitrogens with zero attached hydrogens (tertiary/aromatic N) is 5. The standard InChI is InChI=1S/C25H22N2O2.C24H21N3O2.C15H13NO.C14H11ClN2.C13H14N2.C7H9BrN2/c1-16-11-20(17-7-4-3-5-8-17)21-13-24(26-23(21)12-16)27-14-18-9-6-10-19(22(18)15-27)25(28)29-2;1-15-10-19(16-6-3-2-4-7-16)20-12-23(25-22(20)11-15)27-13-17-8-5-9-18(21(17)14-27)24(28)26-29;1-10-7-12(11-5-3-2-4-6-11)13-9-15(17)16-14(13)8-10;1-9-7-11(10-5-3-2-4-6-10)13-12(8-9)16-14(15)17-13;1-9-7-11(13(15)12(14)8-9)10-5-3-2-4-6-10;1-4-2-5(8)7(10)6(9)3-4/h3-12H,13-15H2,1-2H3;2-11,29H,12-14H2,1H3,(H,26,28);2-8H,9H2,1H3,(H,16,17);2-8H,1H3,(H,16,17);2-8H,14-15H2,1H3;2-3H,9-10H2,1H3. The van der Waals surface area contributed by atoms with E-state index in [1.165, 1.54) is 79.4 Å². The fourth-order valence-electron chi connectivity index (χ4n) is 15.6. The first kappa shape index (κ1) is 80.2. The fraction of sp³-hybridized carbons (Fsp3) is 0.143. The van der Waals surface area contributed by atoms with Crippen LogP contribution in [0.5, 0.6) is 0 Å². The summed E-state index contributed by atoms with van der Waals surface area (Å²) in [6.45, 7) is 15.1. The third kappa shape index (κ3) is 18.2. The van der Waals surface area contributed by atoms with Crippen LogP contribution in [0.2, 0.25) is 5.28 Å². The molecule has 586 valence electrons. The van der Waals surface area contributed by atoms with Crippen LogP contribution in [0.4, 0.5) is 39.8 Å². The van der Waals surface area contributed by atoms with E-state index in [2.05, 4.69) is 196 Å². The first-order valence-corrected chi connectivity index (χ1v) is 39.7. The maximum Gasteiger partial charge on any atom is 0.338 e. The number of nitrogens with two attached hydrogens (primary N) is 4. The molecule has 6 heterocycles. The number of H-pyrrole nitrogens is 1. The molecule has 5 aliphatic rings. The largest absolute Gasteiger partial charge is 0.465 e. The van der Waals surface area contributed by atoms with Crippen molar-refractivity contribution < 1.29 is 24.3 Å². The second kappa shape index (κ2) is 35.6. The van der Waals surface area contributed by atoms with Gasteiger partial charge in [-0.2, -0.15) is 0 Å². The molecule has 12 N–H and O–H groups in total. The second-order valence-electron chi connectivity index (χ2n) is 29.8. The van der Waals surface area contributed by atoms with E-state index in [-0.39, 0.29) is 11.9 Å². The Hall–Kier alpha value is -13.4. The van der Waals surface area contributed by atoms with Crippen LogP contribution < -0.4 is 33.7 Å². The number of imidazole rings is 1. The monoisotopic (exact) mass is 1630 g/mol. The van der Waals surface area contributed by atoms with Gasteiger partial charge in [-0.3, -0.25) is 14.8 Å². The predicted octanol–water partition coefficient (Wildman–Crippen LogP) is 21.5. The summed E-state index contributed by atoms with van der Waals surface area (Å²) in [4.78, 5) is 57.5. The van der Waals surface area contributed by atoms with Crippen molar-refractivity contribution in [2.75, 3.05) is 35.4 Å². The maximum absolute atomic E-state index is 12.1. The molecule has 13 aromatic carbocycles. The van der Waals surface area contributed by atoms with Crippen LogP contribution >= 0.6 is 27.5 Å². The average Bonchev–Trinajstić information content (AvgIpc) is 1.61. The molecule has 19 rings (SSSR count). The van der Waals surface area contributed by atoms with Gasteiger partial charge in [0.2, 0.25) is 11.2 Å². The summed E-state index contributed by atoms with van der Waals surface area (Å²) in [7, 11) is 1.43. The third-order valence-corrected chi connectivity index (χ3v) is 22.0. The van der Waals surface area contributed by atoms with Gasteiger partial charge in [-0.25, -0.2) is 25.2 Å². The molecule has 0 atom stereocenters. The van der Waals surface area contributed by atoms with E-state index in [0.717, 1.165) is 119 Å². The van der Waals surface area contributed by atoms with Crippen LogP contribution in [-0.2, 0) is 55.0 Å². The number of nitrogen functional groups attached to an aromatic ring is 4. The van der Waals surface area contributed by atoms with Gasteiger partial charge in [-0.05, 0) is 253 Å². The number of hydrogen-bond acceptors (Lipinski definition) is 14. The molecule has 19 heteroatoms. The van der Waals surface area contributed by atoms with Crippen LogP contribution in [0.25, 0.3) is 66.7 Å². The molecule has 0 spiro atoms. The predicted molar refractivity (Wildman–Crippen MR) is 480 cm³/mol. The van der Waals surface area contributed by atoms with Gasteiger partial charge >= 0.3 is 5.97 Å². The van der Waals surface area contributed by atoms with Gasteiger partial charge < -0.3 is 47.8 Å². The molecule has 0 aliphatic carbocycles. The Bertz CT molecular complexity index is 5950. The molecule has 0 radical (unpaired) electrons. The Morgan fingerprint density at radius 2 is 0.855 bits per heavy atom. The lowest BCUT2D eigenvalue weighted by molar-refractivity contribution is -0.115. The van der Waals surface area contributed by atoms with E-state index >= 15 is 0 Å². The average molecular weight is 1630 g/mol. The van der Waals surface area contributed by atoms with E-state index in [0.29, 0.717) is 65.2 Å². The summed E-state index contributed by atoms with van der Waals surface area (Å²) in [6.07, 6.45) is 2.07. The quantitative estimate of drug-likeness (QED) is 0.0320. The number of amidine groups is 2. The molecule has 14 aromatic rings. The fourth-order valence-corrected chi connectivity index (χ4v) is 16.4. The highest BCUT2D eigenvalue weighted by atomic mass is 79.9. The number of ether oxygens (including phenoxy) is 1. The van der Waals surface area contributed by atoms with Gasteiger partial charge in [-0.15, -0.1) is 0 Å². The summed E-state index contributed by atoms with van der Waals surface area (Å²) in [5, 5.41) is 12.4. The molecule has 117 heavy (non-hydrogen) atoms. The highest BCUT2D eigenvalue weighted by Gasteiger charge is 2.33. The Kier molecular flexibility index (Phi) is 24.4. The van der Waals surface area contributed by atoms with E-state index < -0.39 is 5.91 Å². The van der Waals surface area contributed by atoms with Crippen molar-refractivity contribution >= 4 is 108 Å². The van der Waals surface area contributed by atoms with Gasteiger partial charge in [-0.1, -0.05) is 194 Å². The van der Waals surface area contributed by atoms with E-state index in [9.17, 15) is 14.4 Å². The van der Waals surface area contributed by atoms with Crippen molar-refractivity contribution in [3.05, 3.63) is 354 Å². The molecule has 0 saturated carbocycles. The Balaban J connectivity index is 0.000000120. The molecule has 5 aliphatic heterocycles. The van der Waals surface area contributed by atoms with Crippen molar-refractivity contribution in [1.29, 1.82) is 0 Å². The molecular weight excluding hydrogens is 1540 g/mol. The molecule has 17 nitrogen and oxygen atoms in total. The number of rotatable bonds is 7. The zero-order valence-corrected chi connectivity index (χ0v) is 68.5. The number of halogens is 2. The molecule has 0 fully saturated rings. The highest BCUT2D eigenvalue weighted by molar-refractivity contribution is 9.10. The van der Waals surface area contributed by atoms with Crippen LogP contribution in [0, 0.1) is 41.5 Å². The second-order valence-corrected chi connectivity index (χ2v) is 31.0. The Labute approximate surface area is 694 Å². The number of hydroxylamine groups is 1.